The molecule has 0 aromatic carbocycles. The summed E-state index contributed by atoms with van der Waals surface area (Å²) in [5.41, 5.74) is 1.43. The highest BCUT2D eigenvalue weighted by Gasteiger charge is 2.24. The summed E-state index contributed by atoms with van der Waals surface area (Å²) in [6.07, 6.45) is 8.89. The Hall–Kier alpha value is -0.410. The maximum absolute atomic E-state index is 4.93. The van der Waals surface area contributed by atoms with Crippen LogP contribution in [0.15, 0.2) is 0 Å². The first-order valence-corrected chi connectivity index (χ1v) is 8.36. The van der Waals surface area contributed by atoms with Crippen molar-refractivity contribution in [1.29, 1.82) is 0 Å². The zero-order valence-electron chi connectivity index (χ0n) is 11.8. The van der Waals surface area contributed by atoms with Gasteiger partial charge in [-0.1, -0.05) is 20.3 Å². The number of nitrogens with one attached hydrogen (secondary N) is 1. The molecule has 2 nitrogen and oxygen atoms in total. The smallest absolute Gasteiger partial charge is 0.0931 e. The molecule has 0 amide bonds. The second-order valence-corrected chi connectivity index (χ2v) is 6.48. The van der Waals surface area contributed by atoms with Gasteiger partial charge in [0.1, 0.15) is 0 Å². The van der Waals surface area contributed by atoms with Crippen LogP contribution in [0.3, 0.4) is 0 Å². The van der Waals surface area contributed by atoms with E-state index in [1.54, 1.807) is 4.88 Å². The highest BCUT2D eigenvalue weighted by atomic mass is 32.1. The second-order valence-electron chi connectivity index (χ2n) is 5.31. The number of fused-ring (bicyclic) bond motifs is 1. The number of rotatable bonds is 7. The minimum Gasteiger partial charge on any atom is -0.316 e. The van der Waals surface area contributed by atoms with Crippen molar-refractivity contribution < 1.29 is 0 Å². The van der Waals surface area contributed by atoms with E-state index >= 15 is 0 Å². The number of unbranched alkanes of at least 4 members (excludes halogenated alkanes) is 1. The van der Waals surface area contributed by atoms with Crippen molar-refractivity contribution in [1.82, 2.24) is 10.3 Å². The van der Waals surface area contributed by atoms with E-state index in [0.717, 1.165) is 13.1 Å². The van der Waals surface area contributed by atoms with Gasteiger partial charge in [-0.2, -0.15) is 0 Å². The van der Waals surface area contributed by atoms with Crippen LogP contribution in [0.1, 0.15) is 67.4 Å². The summed E-state index contributed by atoms with van der Waals surface area (Å²) in [5.74, 6) is 0.673. The monoisotopic (exact) mass is 266 g/mol. The van der Waals surface area contributed by atoms with Crippen molar-refractivity contribution in [2.75, 3.05) is 13.1 Å². The molecule has 1 aliphatic rings. The second kappa shape index (κ2) is 7.25. The van der Waals surface area contributed by atoms with Gasteiger partial charge in [-0.05, 0) is 45.1 Å². The number of hydrogen-bond acceptors (Lipinski definition) is 3. The molecule has 1 atom stereocenters. The SMILES string of the molecule is CCCCc1nc2c(s1)CCCC2CNCCC. The van der Waals surface area contributed by atoms with Gasteiger partial charge in [0.05, 0.1) is 10.7 Å². The molecule has 1 aliphatic carbocycles. The van der Waals surface area contributed by atoms with Crippen LogP contribution >= 0.6 is 11.3 Å². The summed E-state index contributed by atoms with van der Waals surface area (Å²) in [6, 6.07) is 0. The highest BCUT2D eigenvalue weighted by molar-refractivity contribution is 7.11. The molecule has 1 N–H and O–H groups in total. The molecule has 18 heavy (non-hydrogen) atoms. The number of thiazole rings is 1. The lowest BCUT2D eigenvalue weighted by Crippen LogP contribution is -2.24. The molecule has 0 bridgehead atoms. The van der Waals surface area contributed by atoms with Gasteiger partial charge < -0.3 is 5.32 Å². The van der Waals surface area contributed by atoms with Crippen molar-refractivity contribution in [2.45, 2.75) is 64.7 Å². The van der Waals surface area contributed by atoms with Gasteiger partial charge in [0.25, 0.3) is 0 Å². The van der Waals surface area contributed by atoms with Crippen LogP contribution in [0.25, 0.3) is 0 Å². The molecule has 1 aromatic heterocycles. The first kappa shape index (κ1) is 14.0. The molecular formula is C15H26N2S. The largest absolute Gasteiger partial charge is 0.316 e. The Morgan fingerprint density at radius 3 is 3.00 bits per heavy atom. The third kappa shape index (κ3) is 3.55. The molecule has 3 heteroatoms. The zero-order chi connectivity index (χ0) is 12.8. The van der Waals surface area contributed by atoms with E-state index in [1.807, 2.05) is 11.3 Å². The highest BCUT2D eigenvalue weighted by Crippen LogP contribution is 2.34. The van der Waals surface area contributed by atoms with Gasteiger partial charge in [-0.15, -0.1) is 11.3 Å². The molecule has 1 unspecified atom stereocenters. The molecule has 0 saturated carbocycles. The lowest BCUT2D eigenvalue weighted by Gasteiger charge is -2.21. The van der Waals surface area contributed by atoms with Gasteiger partial charge in [0.15, 0.2) is 0 Å². The molecular weight excluding hydrogens is 240 g/mol. The Morgan fingerprint density at radius 1 is 1.33 bits per heavy atom. The summed E-state index contributed by atoms with van der Waals surface area (Å²) in [4.78, 5) is 6.51. The van der Waals surface area contributed by atoms with Crippen LogP contribution in [-0.2, 0) is 12.8 Å². The summed E-state index contributed by atoms with van der Waals surface area (Å²) in [6.45, 7) is 6.74. The van der Waals surface area contributed by atoms with Crippen molar-refractivity contribution >= 4 is 11.3 Å². The fourth-order valence-corrected chi connectivity index (χ4v) is 3.88. The van der Waals surface area contributed by atoms with Crippen LogP contribution in [-0.4, -0.2) is 18.1 Å². The summed E-state index contributed by atoms with van der Waals surface area (Å²) in [7, 11) is 0. The summed E-state index contributed by atoms with van der Waals surface area (Å²) < 4.78 is 0. The molecule has 0 aliphatic heterocycles. The molecule has 0 spiro atoms. The van der Waals surface area contributed by atoms with E-state index in [0.29, 0.717) is 5.92 Å². The van der Waals surface area contributed by atoms with E-state index in [2.05, 4.69) is 19.2 Å². The fourth-order valence-electron chi connectivity index (χ4n) is 2.64. The topological polar surface area (TPSA) is 24.9 Å². The Balaban J connectivity index is 1.98. The van der Waals surface area contributed by atoms with E-state index in [-0.39, 0.29) is 0 Å². The van der Waals surface area contributed by atoms with Gasteiger partial charge in [0, 0.05) is 17.3 Å². The molecule has 0 saturated heterocycles. The van der Waals surface area contributed by atoms with Gasteiger partial charge in [-0.25, -0.2) is 4.98 Å². The molecule has 1 heterocycles. The number of hydrogen-bond donors (Lipinski definition) is 1. The minimum atomic E-state index is 0.673. The maximum Gasteiger partial charge on any atom is 0.0931 e. The third-order valence-corrected chi connectivity index (χ3v) is 4.87. The fraction of sp³-hybridized carbons (Fsp3) is 0.800. The lowest BCUT2D eigenvalue weighted by molar-refractivity contribution is 0.500. The van der Waals surface area contributed by atoms with Crippen molar-refractivity contribution in [3.63, 3.8) is 0 Å². The quantitative estimate of drug-likeness (QED) is 0.757. The molecule has 0 radical (unpaired) electrons. The Bertz CT molecular complexity index is 359. The standard InChI is InChI=1S/C15H26N2S/c1-3-5-9-14-17-15-12(11-16-10-4-2)7-6-8-13(15)18-14/h12,16H,3-11H2,1-2H3. The predicted octanol–water partition coefficient (Wildman–Crippen LogP) is 3.91. The first-order chi connectivity index (χ1) is 8.85. The Morgan fingerprint density at radius 2 is 2.22 bits per heavy atom. The molecule has 0 fully saturated rings. The first-order valence-electron chi connectivity index (χ1n) is 7.54. The van der Waals surface area contributed by atoms with Crippen LogP contribution in [0.2, 0.25) is 0 Å². The summed E-state index contributed by atoms with van der Waals surface area (Å²) >= 11 is 1.98. The van der Waals surface area contributed by atoms with Gasteiger partial charge in [0.2, 0.25) is 0 Å². The molecule has 2 rings (SSSR count). The Labute approximate surface area is 115 Å². The zero-order valence-corrected chi connectivity index (χ0v) is 12.6. The van der Waals surface area contributed by atoms with Crippen molar-refractivity contribution in [3.8, 4) is 0 Å². The van der Waals surface area contributed by atoms with Crippen LogP contribution < -0.4 is 5.32 Å². The average Bonchev–Trinajstić information content (AvgIpc) is 2.80. The van der Waals surface area contributed by atoms with Crippen molar-refractivity contribution in [2.24, 2.45) is 0 Å². The number of nitrogens with zero attached hydrogens (tertiary/aromatic N) is 1. The van der Waals surface area contributed by atoms with E-state index in [4.69, 9.17) is 4.98 Å². The number of aryl methyl sites for hydroxylation is 2. The van der Waals surface area contributed by atoms with Crippen LogP contribution in [0, 0.1) is 0 Å². The Kier molecular flexibility index (Phi) is 5.64. The van der Waals surface area contributed by atoms with Crippen LogP contribution in [0.4, 0.5) is 0 Å². The summed E-state index contributed by atoms with van der Waals surface area (Å²) in [5, 5.41) is 4.94. The third-order valence-electron chi connectivity index (χ3n) is 3.68. The lowest BCUT2D eigenvalue weighted by atomic mass is 9.91. The van der Waals surface area contributed by atoms with E-state index in [9.17, 15) is 0 Å². The molecule has 1 aromatic rings. The predicted molar refractivity (Wildman–Crippen MR) is 79.6 cm³/mol. The van der Waals surface area contributed by atoms with Crippen LogP contribution in [0.5, 0.6) is 0 Å². The average molecular weight is 266 g/mol. The van der Waals surface area contributed by atoms with E-state index < -0.39 is 0 Å². The maximum atomic E-state index is 4.93. The molecule has 102 valence electrons. The minimum absolute atomic E-state index is 0.673. The normalized spacial score (nSPS) is 18.9. The van der Waals surface area contributed by atoms with E-state index in [1.165, 1.54) is 55.6 Å². The van der Waals surface area contributed by atoms with Gasteiger partial charge in [-0.3, -0.25) is 0 Å². The van der Waals surface area contributed by atoms with Gasteiger partial charge >= 0.3 is 0 Å². The number of aromatic nitrogens is 1. The van der Waals surface area contributed by atoms with Crippen molar-refractivity contribution in [3.05, 3.63) is 15.6 Å².